The minimum atomic E-state index is 0.00634. The van der Waals surface area contributed by atoms with Gasteiger partial charge in [0, 0.05) is 37.0 Å². The molecule has 1 atom stereocenters. The summed E-state index contributed by atoms with van der Waals surface area (Å²) in [4.78, 5) is 23.8. The van der Waals surface area contributed by atoms with Crippen LogP contribution in [-0.4, -0.2) is 54.2 Å². The molecule has 3 rings (SSSR count). The molecule has 1 unspecified atom stereocenters. The van der Waals surface area contributed by atoms with Crippen LogP contribution in [0, 0.1) is 5.41 Å². The lowest BCUT2D eigenvalue weighted by molar-refractivity contribution is -0.121. The summed E-state index contributed by atoms with van der Waals surface area (Å²) in [5.74, 6) is 1.74. The molecule has 2 aliphatic rings. The maximum atomic E-state index is 12.2. The maximum absolute atomic E-state index is 12.2. The van der Waals surface area contributed by atoms with Crippen molar-refractivity contribution in [2.24, 2.45) is 5.41 Å². The van der Waals surface area contributed by atoms with Crippen LogP contribution in [0.15, 0.2) is 6.20 Å². The van der Waals surface area contributed by atoms with Crippen molar-refractivity contribution < 1.29 is 9.53 Å². The van der Waals surface area contributed by atoms with Crippen LogP contribution in [-0.2, 0) is 16.0 Å². The minimum absolute atomic E-state index is 0.00634. The lowest BCUT2D eigenvalue weighted by Crippen LogP contribution is -2.39. The average Bonchev–Trinajstić information content (AvgIpc) is 2.59. The molecule has 1 amide bonds. The van der Waals surface area contributed by atoms with Crippen molar-refractivity contribution in [1.29, 1.82) is 0 Å². The minimum Gasteiger partial charge on any atom is -0.378 e. The summed E-state index contributed by atoms with van der Waals surface area (Å²) in [6.07, 6.45) is 6.33. The number of ether oxygens (including phenoxy) is 1. The molecule has 1 fully saturated rings. The Kier molecular flexibility index (Phi) is 5.84. The topological polar surface area (TPSA) is 67.4 Å². The summed E-state index contributed by atoms with van der Waals surface area (Å²) in [5.41, 5.74) is 2.26. The first-order valence-electron chi connectivity index (χ1n) is 8.95. The molecule has 0 bridgehead atoms. The van der Waals surface area contributed by atoms with Crippen molar-refractivity contribution in [1.82, 2.24) is 15.3 Å². The number of thioether (sulfide) groups is 1. The van der Waals surface area contributed by atoms with E-state index in [0.717, 1.165) is 62.1 Å². The van der Waals surface area contributed by atoms with E-state index in [1.165, 1.54) is 0 Å². The Balaban J connectivity index is 1.80. The Morgan fingerprint density at radius 3 is 2.92 bits per heavy atom. The highest BCUT2D eigenvalue weighted by molar-refractivity contribution is 7.98. The normalized spacial score (nSPS) is 22.4. The highest BCUT2D eigenvalue weighted by Crippen LogP contribution is 2.40. The molecule has 25 heavy (non-hydrogen) atoms. The van der Waals surface area contributed by atoms with Gasteiger partial charge < -0.3 is 15.0 Å². The lowest BCUT2D eigenvalue weighted by atomic mass is 9.74. The number of nitrogens with one attached hydrogen (secondary N) is 1. The molecule has 1 N–H and O–H groups in total. The zero-order valence-corrected chi connectivity index (χ0v) is 16.2. The second-order valence-corrected chi connectivity index (χ2v) is 8.57. The van der Waals surface area contributed by atoms with Gasteiger partial charge in [0.2, 0.25) is 11.9 Å². The van der Waals surface area contributed by atoms with Crippen molar-refractivity contribution in [3.05, 3.63) is 17.5 Å². The van der Waals surface area contributed by atoms with Crippen molar-refractivity contribution in [2.45, 2.75) is 39.2 Å². The van der Waals surface area contributed by atoms with E-state index >= 15 is 0 Å². The van der Waals surface area contributed by atoms with Gasteiger partial charge in [-0.05, 0) is 24.5 Å². The van der Waals surface area contributed by atoms with Gasteiger partial charge in [0.05, 0.1) is 24.9 Å². The third-order valence-corrected chi connectivity index (χ3v) is 5.44. The fourth-order valence-corrected chi connectivity index (χ4v) is 3.93. The highest BCUT2D eigenvalue weighted by atomic mass is 32.2. The molecule has 7 heteroatoms. The maximum Gasteiger partial charge on any atom is 0.225 e. The van der Waals surface area contributed by atoms with E-state index in [1.807, 2.05) is 12.5 Å². The molecule has 0 saturated carbocycles. The number of hydrogen-bond donors (Lipinski definition) is 1. The average molecular weight is 365 g/mol. The monoisotopic (exact) mass is 364 g/mol. The second kappa shape index (κ2) is 7.91. The van der Waals surface area contributed by atoms with Crippen LogP contribution in [0.4, 0.5) is 5.95 Å². The molecule has 0 radical (unpaired) electrons. The summed E-state index contributed by atoms with van der Waals surface area (Å²) in [6, 6.07) is 0.00634. The standard InChI is InChI=1S/C18H28N4O2S/c1-18(2)10-14(20-16(23)4-9-25-3)13-12-19-17(21-15(13)11-18)22-5-7-24-8-6-22/h12,14H,4-11H2,1-3H3,(H,20,23). The molecular weight excluding hydrogens is 336 g/mol. The Hall–Kier alpha value is -1.34. The molecule has 1 aliphatic carbocycles. The predicted molar refractivity (Wildman–Crippen MR) is 101 cm³/mol. The van der Waals surface area contributed by atoms with Crippen molar-refractivity contribution in [3.8, 4) is 0 Å². The molecule has 1 aromatic heterocycles. The third-order valence-electron chi connectivity index (χ3n) is 4.83. The molecule has 6 nitrogen and oxygen atoms in total. The Bertz CT molecular complexity index is 617. The van der Waals surface area contributed by atoms with Gasteiger partial charge in [-0.2, -0.15) is 11.8 Å². The van der Waals surface area contributed by atoms with Gasteiger partial charge in [-0.1, -0.05) is 13.8 Å². The van der Waals surface area contributed by atoms with E-state index in [-0.39, 0.29) is 17.4 Å². The number of carbonyl (C=O) groups is 1. The van der Waals surface area contributed by atoms with Crippen LogP contribution in [0.2, 0.25) is 0 Å². The predicted octanol–water partition coefficient (Wildman–Crippen LogP) is 2.20. The highest BCUT2D eigenvalue weighted by Gasteiger charge is 2.34. The Morgan fingerprint density at radius 1 is 1.44 bits per heavy atom. The Morgan fingerprint density at radius 2 is 2.20 bits per heavy atom. The summed E-state index contributed by atoms with van der Waals surface area (Å²) in [7, 11) is 0. The van der Waals surface area contributed by atoms with Crippen LogP contribution in [0.25, 0.3) is 0 Å². The molecule has 0 aromatic carbocycles. The largest absolute Gasteiger partial charge is 0.378 e. The van der Waals surface area contributed by atoms with E-state index in [1.54, 1.807) is 11.8 Å². The van der Waals surface area contributed by atoms with Crippen molar-refractivity contribution in [3.63, 3.8) is 0 Å². The molecule has 1 aromatic rings. The van der Waals surface area contributed by atoms with Gasteiger partial charge in [0.15, 0.2) is 0 Å². The number of hydrogen-bond acceptors (Lipinski definition) is 6. The Labute approximate surface area is 154 Å². The summed E-state index contributed by atoms with van der Waals surface area (Å²) in [5, 5.41) is 3.20. The van der Waals surface area contributed by atoms with Gasteiger partial charge >= 0.3 is 0 Å². The quantitative estimate of drug-likeness (QED) is 0.864. The van der Waals surface area contributed by atoms with Gasteiger partial charge in [-0.25, -0.2) is 9.97 Å². The van der Waals surface area contributed by atoms with Gasteiger partial charge in [0.1, 0.15) is 0 Å². The second-order valence-electron chi connectivity index (χ2n) is 7.58. The van der Waals surface area contributed by atoms with Gasteiger partial charge in [-0.3, -0.25) is 4.79 Å². The smallest absolute Gasteiger partial charge is 0.225 e. The van der Waals surface area contributed by atoms with Gasteiger partial charge in [0.25, 0.3) is 0 Å². The van der Waals surface area contributed by atoms with Crippen LogP contribution in [0.1, 0.15) is 44.0 Å². The number of aromatic nitrogens is 2. The van der Waals surface area contributed by atoms with E-state index in [4.69, 9.17) is 9.72 Å². The lowest BCUT2D eigenvalue weighted by Gasteiger charge is -2.37. The van der Waals surface area contributed by atoms with Crippen LogP contribution >= 0.6 is 11.8 Å². The zero-order valence-electron chi connectivity index (χ0n) is 15.4. The SMILES string of the molecule is CSCCC(=O)NC1CC(C)(C)Cc2nc(N3CCOCC3)ncc21. The summed E-state index contributed by atoms with van der Waals surface area (Å²) in [6.45, 7) is 7.59. The summed E-state index contributed by atoms with van der Waals surface area (Å²) >= 11 is 1.69. The van der Waals surface area contributed by atoms with E-state index in [2.05, 4.69) is 29.0 Å². The first-order valence-corrected chi connectivity index (χ1v) is 10.3. The third kappa shape index (κ3) is 4.64. The fourth-order valence-electron chi connectivity index (χ4n) is 3.54. The molecule has 0 spiro atoms. The van der Waals surface area contributed by atoms with E-state index in [9.17, 15) is 4.79 Å². The summed E-state index contributed by atoms with van der Waals surface area (Å²) < 4.78 is 5.41. The number of anilines is 1. The number of carbonyl (C=O) groups excluding carboxylic acids is 1. The first-order chi connectivity index (χ1) is 12.0. The molecule has 2 heterocycles. The van der Waals surface area contributed by atoms with Gasteiger partial charge in [-0.15, -0.1) is 0 Å². The van der Waals surface area contributed by atoms with Crippen molar-refractivity contribution >= 4 is 23.6 Å². The number of amides is 1. The number of morpholine rings is 1. The molecule has 1 aliphatic heterocycles. The number of fused-ring (bicyclic) bond motifs is 1. The van der Waals surface area contributed by atoms with Crippen molar-refractivity contribution in [2.75, 3.05) is 43.2 Å². The molecule has 138 valence electrons. The van der Waals surface area contributed by atoms with Crippen LogP contribution < -0.4 is 10.2 Å². The van der Waals surface area contributed by atoms with E-state index in [0.29, 0.717) is 6.42 Å². The first kappa shape index (κ1) is 18.5. The zero-order chi connectivity index (χ0) is 17.9. The molecule has 1 saturated heterocycles. The number of rotatable bonds is 5. The van der Waals surface area contributed by atoms with Crippen LogP contribution in [0.5, 0.6) is 0 Å². The van der Waals surface area contributed by atoms with Crippen LogP contribution in [0.3, 0.4) is 0 Å². The fraction of sp³-hybridized carbons (Fsp3) is 0.722. The van der Waals surface area contributed by atoms with E-state index < -0.39 is 0 Å². The number of nitrogens with zero attached hydrogens (tertiary/aromatic N) is 3. The molecular formula is C18H28N4O2S.